The number of nitrogens with two attached hydrogens (primary N) is 2. The number of amides is 1. The molecule has 2 aromatic carbocycles. The summed E-state index contributed by atoms with van der Waals surface area (Å²) in [5.74, 6) is -0.611. The number of carbonyl (C=O) groups is 1. The third-order valence-corrected chi connectivity index (χ3v) is 7.35. The summed E-state index contributed by atoms with van der Waals surface area (Å²) < 4.78 is 1.71. The maximum atomic E-state index is 13.6. The number of carbonyl (C=O) groups excluding carboxylic acids is 1. The third kappa shape index (κ3) is 5.49. The van der Waals surface area contributed by atoms with E-state index in [-0.39, 0.29) is 11.4 Å². The fraction of sp³-hybridized carbons (Fsp3) is 0.429. The van der Waals surface area contributed by atoms with Gasteiger partial charge in [0.1, 0.15) is 11.5 Å². The van der Waals surface area contributed by atoms with E-state index in [0.29, 0.717) is 52.0 Å². The number of fused-ring (bicyclic) bond motifs is 1. The van der Waals surface area contributed by atoms with Gasteiger partial charge in [0.15, 0.2) is 0 Å². The zero-order chi connectivity index (χ0) is 25.8. The van der Waals surface area contributed by atoms with E-state index in [1.807, 2.05) is 0 Å². The Morgan fingerprint density at radius 2 is 1.72 bits per heavy atom. The summed E-state index contributed by atoms with van der Waals surface area (Å²) >= 11 is 0. The zero-order valence-electron chi connectivity index (χ0n) is 21.2. The second-order valence-electron chi connectivity index (χ2n) is 9.91. The molecule has 0 spiro atoms. The summed E-state index contributed by atoms with van der Waals surface area (Å²) in [7, 11) is 0. The molecule has 1 aromatic heterocycles. The first-order valence-corrected chi connectivity index (χ1v) is 12.8. The lowest BCUT2D eigenvalue weighted by atomic mass is 9.97. The molecule has 5 N–H and O–H groups in total. The summed E-state index contributed by atoms with van der Waals surface area (Å²) in [5, 5.41) is 7.74. The van der Waals surface area contributed by atoms with Crippen molar-refractivity contribution in [2.75, 3.05) is 6.54 Å². The third-order valence-electron chi connectivity index (χ3n) is 7.35. The predicted octanol–water partition coefficient (Wildman–Crippen LogP) is 3.88. The molecule has 3 aromatic rings. The minimum atomic E-state index is -0.543. The number of benzene rings is 2. The molecule has 190 valence electrons. The number of piperidine rings is 1. The first-order valence-electron chi connectivity index (χ1n) is 12.8. The van der Waals surface area contributed by atoms with Crippen molar-refractivity contribution in [2.24, 2.45) is 11.5 Å². The Morgan fingerprint density at radius 1 is 1.00 bits per heavy atom. The highest BCUT2D eigenvalue weighted by molar-refractivity contribution is 5.97. The molecule has 0 saturated carbocycles. The SMILES string of the molecule is C[C@@H]1CCC[C@H](C)N1CCCCCn1c(=O)c(-c2cccc(C(=N)N)c2)nc2ccc(C(N)=O)cc21. The summed E-state index contributed by atoms with van der Waals surface area (Å²) in [5.41, 5.74) is 13.9. The largest absolute Gasteiger partial charge is 0.384 e. The summed E-state index contributed by atoms with van der Waals surface area (Å²) in [6, 6.07) is 13.3. The Labute approximate surface area is 211 Å². The van der Waals surface area contributed by atoms with Crippen molar-refractivity contribution in [3.63, 3.8) is 0 Å². The van der Waals surface area contributed by atoms with Gasteiger partial charge in [-0.25, -0.2) is 4.98 Å². The lowest BCUT2D eigenvalue weighted by molar-refractivity contribution is 0.0999. The quantitative estimate of drug-likeness (QED) is 0.239. The van der Waals surface area contributed by atoms with Gasteiger partial charge in [-0.3, -0.25) is 19.9 Å². The van der Waals surface area contributed by atoms with Gasteiger partial charge in [0.2, 0.25) is 5.91 Å². The Morgan fingerprint density at radius 3 is 2.42 bits per heavy atom. The number of aryl methyl sites for hydroxylation is 1. The Bertz CT molecular complexity index is 1320. The molecule has 4 rings (SSSR count). The van der Waals surface area contributed by atoms with Gasteiger partial charge >= 0.3 is 0 Å². The number of hydrogen-bond acceptors (Lipinski definition) is 5. The minimum absolute atomic E-state index is 0.0681. The molecule has 0 radical (unpaired) electrons. The van der Waals surface area contributed by atoms with Crippen LogP contribution in [0.5, 0.6) is 0 Å². The molecule has 2 heterocycles. The number of amidine groups is 1. The van der Waals surface area contributed by atoms with E-state index in [9.17, 15) is 9.59 Å². The molecule has 1 amide bonds. The van der Waals surface area contributed by atoms with Crippen LogP contribution in [0.1, 0.15) is 68.3 Å². The van der Waals surface area contributed by atoms with Crippen molar-refractivity contribution in [3.8, 4) is 11.3 Å². The van der Waals surface area contributed by atoms with Gasteiger partial charge in [0, 0.05) is 35.3 Å². The monoisotopic (exact) mass is 488 g/mol. The van der Waals surface area contributed by atoms with Crippen LogP contribution in [0.2, 0.25) is 0 Å². The number of hydrogen-bond donors (Lipinski definition) is 3. The number of likely N-dealkylation sites (tertiary alicyclic amines) is 1. The molecule has 36 heavy (non-hydrogen) atoms. The maximum absolute atomic E-state index is 13.6. The van der Waals surface area contributed by atoms with E-state index >= 15 is 0 Å². The van der Waals surface area contributed by atoms with Crippen LogP contribution in [0, 0.1) is 5.41 Å². The molecule has 1 saturated heterocycles. The highest BCUT2D eigenvalue weighted by Gasteiger charge is 2.23. The number of rotatable bonds is 9. The van der Waals surface area contributed by atoms with Gasteiger partial charge in [-0.1, -0.05) is 31.0 Å². The van der Waals surface area contributed by atoms with Crippen molar-refractivity contribution in [3.05, 3.63) is 63.9 Å². The molecule has 8 nitrogen and oxygen atoms in total. The Hall–Kier alpha value is -3.52. The Kier molecular flexibility index (Phi) is 7.84. The van der Waals surface area contributed by atoms with Crippen LogP contribution in [0.3, 0.4) is 0 Å². The summed E-state index contributed by atoms with van der Waals surface area (Å²) in [6.07, 6.45) is 6.74. The molecule has 1 aliphatic rings. The van der Waals surface area contributed by atoms with Crippen LogP contribution in [-0.2, 0) is 6.54 Å². The van der Waals surface area contributed by atoms with Gasteiger partial charge in [0.25, 0.3) is 5.56 Å². The molecule has 0 unspecified atom stereocenters. The van der Waals surface area contributed by atoms with E-state index in [1.54, 1.807) is 47.0 Å². The van der Waals surface area contributed by atoms with E-state index < -0.39 is 5.91 Å². The first-order chi connectivity index (χ1) is 17.3. The van der Waals surface area contributed by atoms with Gasteiger partial charge in [0.05, 0.1) is 11.0 Å². The predicted molar refractivity (Wildman–Crippen MR) is 144 cm³/mol. The lowest BCUT2D eigenvalue weighted by Crippen LogP contribution is -2.44. The summed E-state index contributed by atoms with van der Waals surface area (Å²) in [6.45, 7) is 6.22. The second-order valence-corrected chi connectivity index (χ2v) is 9.91. The van der Waals surface area contributed by atoms with Crippen molar-refractivity contribution in [2.45, 2.75) is 71.0 Å². The Balaban J connectivity index is 1.61. The van der Waals surface area contributed by atoms with Crippen LogP contribution < -0.4 is 17.0 Å². The van der Waals surface area contributed by atoms with Gasteiger partial charge < -0.3 is 16.0 Å². The molecule has 8 heteroatoms. The number of aromatic nitrogens is 2. The van der Waals surface area contributed by atoms with Crippen LogP contribution >= 0.6 is 0 Å². The molecular weight excluding hydrogens is 452 g/mol. The number of unbranched alkanes of at least 4 members (excludes halogenated alkanes) is 2. The number of nitrogens with one attached hydrogen (secondary N) is 1. The maximum Gasteiger partial charge on any atom is 0.277 e. The van der Waals surface area contributed by atoms with Crippen LogP contribution in [0.4, 0.5) is 0 Å². The number of primary amides is 1. The molecular formula is C28H36N6O2. The van der Waals surface area contributed by atoms with E-state index in [2.05, 4.69) is 23.7 Å². The summed E-state index contributed by atoms with van der Waals surface area (Å²) in [4.78, 5) is 32.7. The standard InChI is InChI=1S/C28H36N6O2/c1-18-8-6-9-19(2)33(18)14-4-3-5-15-34-24-17-22(27(31)35)12-13-23(24)32-25(28(34)36)20-10-7-11-21(16-20)26(29)30/h7,10-13,16-19H,3-6,8-9,14-15H2,1-2H3,(H3,29,30)(H2,31,35)/t18-,19+. The van der Waals surface area contributed by atoms with Gasteiger partial charge in [-0.05, 0) is 70.3 Å². The van der Waals surface area contributed by atoms with Crippen molar-refractivity contribution in [1.82, 2.24) is 14.5 Å². The fourth-order valence-electron chi connectivity index (χ4n) is 5.29. The van der Waals surface area contributed by atoms with Crippen molar-refractivity contribution in [1.29, 1.82) is 5.41 Å². The molecule has 2 atom stereocenters. The highest BCUT2D eigenvalue weighted by Crippen LogP contribution is 2.23. The molecule has 1 fully saturated rings. The zero-order valence-corrected chi connectivity index (χ0v) is 21.2. The fourth-order valence-corrected chi connectivity index (χ4v) is 5.29. The van der Waals surface area contributed by atoms with E-state index in [0.717, 1.165) is 25.8 Å². The van der Waals surface area contributed by atoms with Crippen molar-refractivity contribution < 1.29 is 4.79 Å². The molecule has 1 aliphatic heterocycles. The average molecular weight is 489 g/mol. The van der Waals surface area contributed by atoms with Gasteiger partial charge in [-0.15, -0.1) is 0 Å². The normalized spacial score (nSPS) is 18.4. The average Bonchev–Trinajstić information content (AvgIpc) is 2.86. The van der Waals surface area contributed by atoms with E-state index in [4.69, 9.17) is 16.9 Å². The number of nitrogens with zero attached hydrogens (tertiary/aromatic N) is 3. The van der Waals surface area contributed by atoms with Gasteiger partial charge in [-0.2, -0.15) is 0 Å². The van der Waals surface area contributed by atoms with Crippen LogP contribution in [-0.4, -0.2) is 44.8 Å². The van der Waals surface area contributed by atoms with Crippen LogP contribution in [0.25, 0.3) is 22.3 Å². The molecule has 0 bridgehead atoms. The van der Waals surface area contributed by atoms with Crippen molar-refractivity contribution >= 4 is 22.8 Å². The minimum Gasteiger partial charge on any atom is -0.384 e. The lowest BCUT2D eigenvalue weighted by Gasteiger charge is -2.39. The first kappa shape index (κ1) is 25.6. The topological polar surface area (TPSA) is 131 Å². The molecule has 0 aliphatic carbocycles. The number of nitrogen functional groups attached to an aromatic ring is 1. The second kappa shape index (κ2) is 11.0. The highest BCUT2D eigenvalue weighted by atomic mass is 16.1. The van der Waals surface area contributed by atoms with Crippen LogP contribution in [0.15, 0.2) is 47.3 Å². The smallest absolute Gasteiger partial charge is 0.277 e. The van der Waals surface area contributed by atoms with E-state index in [1.165, 1.54) is 19.3 Å².